The molecule has 0 amide bonds. The second-order valence-electron chi connectivity index (χ2n) is 8.08. The van der Waals surface area contributed by atoms with Crippen LogP contribution in [0, 0.1) is 16.2 Å². The molecule has 0 bridgehead atoms. The van der Waals surface area contributed by atoms with Crippen LogP contribution in [0.1, 0.15) is 67.2 Å². The van der Waals surface area contributed by atoms with Crippen LogP contribution in [-0.4, -0.2) is 23.5 Å². The van der Waals surface area contributed by atoms with E-state index in [0.717, 1.165) is 25.7 Å². The molecule has 0 aromatic heterocycles. The van der Waals surface area contributed by atoms with E-state index in [2.05, 4.69) is 51.3 Å². The van der Waals surface area contributed by atoms with E-state index >= 15 is 0 Å². The van der Waals surface area contributed by atoms with E-state index < -0.39 is 12.3 Å². The van der Waals surface area contributed by atoms with Gasteiger partial charge < -0.3 is 9.84 Å². The summed E-state index contributed by atoms with van der Waals surface area (Å²) in [6.07, 6.45) is 0.303. The molecule has 22 heavy (non-hydrogen) atoms. The summed E-state index contributed by atoms with van der Waals surface area (Å²) in [4.78, 5) is 29.3. The van der Waals surface area contributed by atoms with Gasteiger partial charge in [0.15, 0.2) is 0 Å². The number of hydrogen-bond acceptors (Lipinski definition) is 5. The van der Waals surface area contributed by atoms with Crippen molar-refractivity contribution in [1.29, 1.82) is 0 Å². The molecule has 1 rings (SSSR count). The molecule has 0 radical (unpaired) electrons. The fourth-order valence-electron chi connectivity index (χ4n) is 4.05. The smallest absolute Gasteiger partial charge is 0.447 e. The number of carbonyl (C=O) groups is 2. The molecular formula is C16H28O6. The summed E-state index contributed by atoms with van der Waals surface area (Å²) in [5, 5.41) is 8.26. The van der Waals surface area contributed by atoms with Crippen LogP contribution < -0.4 is 0 Å². The molecule has 6 heteroatoms. The third-order valence-corrected chi connectivity index (χ3v) is 5.10. The van der Waals surface area contributed by atoms with E-state index in [-0.39, 0.29) is 22.3 Å². The Bertz CT molecular complexity index is 391. The number of ether oxygens (including phenoxy) is 1. The lowest BCUT2D eigenvalue weighted by Gasteiger charge is -2.57. The molecule has 0 atom stereocenters. The van der Waals surface area contributed by atoms with Crippen LogP contribution in [0.4, 0.5) is 9.59 Å². The maximum absolute atomic E-state index is 11.3. The zero-order chi connectivity index (χ0) is 17.2. The summed E-state index contributed by atoms with van der Waals surface area (Å²) < 4.78 is 5.11. The number of rotatable bonds is 1. The van der Waals surface area contributed by atoms with Crippen molar-refractivity contribution < 1.29 is 29.2 Å². The molecule has 0 aromatic rings. The standard InChI is InChI=1S/C16H28O6/c1-14(2,3)16(15(4,5)6)9-7-11(8-10-16)20-13(19)22-21-12(17)18/h11H,7-10H2,1-6H3,(H,17,18). The molecule has 0 aliphatic heterocycles. The zero-order valence-corrected chi connectivity index (χ0v) is 14.4. The predicted octanol–water partition coefficient (Wildman–Crippen LogP) is 4.77. The first kappa shape index (κ1) is 18.6. The first-order chi connectivity index (χ1) is 9.89. The van der Waals surface area contributed by atoms with E-state index in [1.54, 1.807) is 0 Å². The van der Waals surface area contributed by atoms with Gasteiger partial charge in [-0.3, -0.25) is 0 Å². The summed E-state index contributed by atoms with van der Waals surface area (Å²) >= 11 is 0. The maximum Gasteiger partial charge on any atom is 0.550 e. The molecule has 0 saturated heterocycles. The van der Waals surface area contributed by atoms with Gasteiger partial charge in [0, 0.05) is 0 Å². The number of carbonyl (C=O) groups excluding carboxylic acids is 1. The van der Waals surface area contributed by atoms with Crippen molar-refractivity contribution >= 4 is 12.3 Å². The summed E-state index contributed by atoms with van der Waals surface area (Å²) in [5.74, 6) is 0. The minimum atomic E-state index is -1.68. The molecule has 0 spiro atoms. The van der Waals surface area contributed by atoms with Gasteiger partial charge in [0.1, 0.15) is 6.10 Å². The minimum absolute atomic E-state index is 0.142. The molecule has 0 unspecified atom stereocenters. The van der Waals surface area contributed by atoms with Crippen molar-refractivity contribution in [2.75, 3.05) is 0 Å². The van der Waals surface area contributed by atoms with Gasteiger partial charge in [-0.1, -0.05) is 41.5 Å². The monoisotopic (exact) mass is 316 g/mol. The van der Waals surface area contributed by atoms with Crippen LogP contribution in [0.25, 0.3) is 0 Å². The molecule has 0 heterocycles. The molecule has 0 aromatic carbocycles. The molecule has 1 aliphatic carbocycles. The number of carboxylic acid groups (broad SMARTS) is 1. The quantitative estimate of drug-likeness (QED) is 0.426. The fourth-order valence-corrected chi connectivity index (χ4v) is 4.05. The Morgan fingerprint density at radius 2 is 1.41 bits per heavy atom. The molecule has 1 fully saturated rings. The van der Waals surface area contributed by atoms with Crippen molar-refractivity contribution in [3.8, 4) is 0 Å². The van der Waals surface area contributed by atoms with Crippen molar-refractivity contribution in [2.45, 2.75) is 73.3 Å². The van der Waals surface area contributed by atoms with Crippen LogP contribution in [0.15, 0.2) is 0 Å². The van der Waals surface area contributed by atoms with Gasteiger partial charge in [0.05, 0.1) is 0 Å². The fraction of sp³-hybridized carbons (Fsp3) is 0.875. The van der Waals surface area contributed by atoms with Gasteiger partial charge >= 0.3 is 12.3 Å². The Morgan fingerprint density at radius 3 is 1.77 bits per heavy atom. The highest BCUT2D eigenvalue weighted by molar-refractivity contribution is 5.62. The van der Waals surface area contributed by atoms with Gasteiger partial charge in [0.2, 0.25) is 0 Å². The first-order valence-corrected chi connectivity index (χ1v) is 7.67. The molecule has 128 valence electrons. The molecular weight excluding hydrogens is 288 g/mol. The van der Waals surface area contributed by atoms with Gasteiger partial charge in [-0.05, 0) is 41.9 Å². The van der Waals surface area contributed by atoms with Crippen molar-refractivity contribution in [1.82, 2.24) is 0 Å². The van der Waals surface area contributed by atoms with Gasteiger partial charge in [-0.2, -0.15) is 9.68 Å². The lowest BCUT2D eigenvalue weighted by Crippen LogP contribution is -2.49. The average Bonchev–Trinajstić information content (AvgIpc) is 2.34. The van der Waals surface area contributed by atoms with E-state index in [9.17, 15) is 9.59 Å². The molecule has 1 saturated carbocycles. The average molecular weight is 316 g/mol. The lowest BCUT2D eigenvalue weighted by atomic mass is 9.49. The second kappa shape index (κ2) is 6.34. The first-order valence-electron chi connectivity index (χ1n) is 7.67. The van der Waals surface area contributed by atoms with Gasteiger partial charge in [-0.25, -0.2) is 9.68 Å². The van der Waals surface area contributed by atoms with Crippen LogP contribution in [0.2, 0.25) is 0 Å². The van der Waals surface area contributed by atoms with Gasteiger partial charge in [-0.15, -0.1) is 0 Å². The van der Waals surface area contributed by atoms with Crippen molar-refractivity contribution in [3.05, 3.63) is 0 Å². The predicted molar refractivity (Wildman–Crippen MR) is 80.3 cm³/mol. The minimum Gasteiger partial charge on any atom is -0.447 e. The Balaban J connectivity index is 2.64. The largest absolute Gasteiger partial charge is 0.550 e. The Kier molecular flexibility index (Phi) is 5.36. The third kappa shape index (κ3) is 4.05. The summed E-state index contributed by atoms with van der Waals surface area (Å²) in [6, 6.07) is 0. The number of hydrogen-bond donors (Lipinski definition) is 1. The van der Waals surface area contributed by atoms with Gasteiger partial charge in [0.25, 0.3) is 0 Å². The highest BCUT2D eigenvalue weighted by atomic mass is 17.3. The topological polar surface area (TPSA) is 82.1 Å². The molecule has 6 nitrogen and oxygen atoms in total. The summed E-state index contributed by atoms with van der Waals surface area (Å²) in [5.41, 5.74) is 0.438. The Labute approximate surface area is 132 Å². The van der Waals surface area contributed by atoms with E-state index in [4.69, 9.17) is 9.84 Å². The van der Waals surface area contributed by atoms with E-state index in [1.807, 2.05) is 0 Å². The highest BCUT2D eigenvalue weighted by Gasteiger charge is 2.52. The lowest BCUT2D eigenvalue weighted by molar-refractivity contribution is -0.219. The van der Waals surface area contributed by atoms with Crippen LogP contribution >= 0.6 is 0 Å². The molecule has 1 aliphatic rings. The third-order valence-electron chi connectivity index (χ3n) is 5.10. The highest BCUT2D eigenvalue weighted by Crippen LogP contribution is 2.59. The van der Waals surface area contributed by atoms with Crippen molar-refractivity contribution in [2.24, 2.45) is 16.2 Å². The van der Waals surface area contributed by atoms with Crippen LogP contribution in [0.3, 0.4) is 0 Å². The van der Waals surface area contributed by atoms with E-state index in [1.165, 1.54) is 0 Å². The normalized spacial score (nSPS) is 19.4. The summed E-state index contributed by atoms with van der Waals surface area (Å²) in [7, 11) is 0. The zero-order valence-electron chi connectivity index (χ0n) is 14.4. The summed E-state index contributed by atoms with van der Waals surface area (Å²) in [6.45, 7) is 13.5. The molecule has 1 N–H and O–H groups in total. The maximum atomic E-state index is 11.3. The Hall–Kier alpha value is -1.46. The second-order valence-corrected chi connectivity index (χ2v) is 8.08. The van der Waals surface area contributed by atoms with E-state index in [0.29, 0.717) is 0 Å². The van der Waals surface area contributed by atoms with Crippen LogP contribution in [0.5, 0.6) is 0 Å². The SMILES string of the molecule is CC(C)(C)C1(C(C)(C)C)CCC(OC(=O)OOC(=O)O)CC1. The van der Waals surface area contributed by atoms with Crippen molar-refractivity contribution in [3.63, 3.8) is 0 Å². The Morgan fingerprint density at radius 1 is 0.955 bits per heavy atom. The van der Waals surface area contributed by atoms with Crippen LogP contribution in [-0.2, 0) is 14.5 Å².